The fourth-order valence-electron chi connectivity index (χ4n) is 2.00. The molecule has 1 unspecified atom stereocenters. The monoisotopic (exact) mass is 252 g/mol. The number of likely N-dealkylation sites (tertiary alicyclic amines) is 1. The van der Waals surface area contributed by atoms with E-state index in [1.807, 2.05) is 11.8 Å². The Hall–Kier alpha value is -1.46. The number of hydrogen-bond donors (Lipinski definition) is 2. The normalized spacial score (nSPS) is 18.2. The molecule has 1 heterocycles. The number of benzene rings is 1. The molecular formula is C13H17FN2O2. The van der Waals surface area contributed by atoms with Crippen LogP contribution in [-0.4, -0.2) is 41.7 Å². The molecule has 1 aliphatic heterocycles. The number of halogens is 1. The average molecular weight is 252 g/mol. The third-order valence-electron chi connectivity index (χ3n) is 3.05. The van der Waals surface area contributed by atoms with E-state index in [0.29, 0.717) is 19.6 Å². The van der Waals surface area contributed by atoms with Crippen LogP contribution in [0.5, 0.6) is 0 Å². The molecule has 0 bridgehead atoms. The molecule has 1 fully saturated rings. The Labute approximate surface area is 105 Å². The highest BCUT2D eigenvalue weighted by Crippen LogP contribution is 2.13. The number of carbonyl (C=O) groups excluding carboxylic acids is 1. The highest BCUT2D eigenvalue weighted by molar-refractivity contribution is 5.78. The van der Waals surface area contributed by atoms with Crippen LogP contribution in [0.2, 0.25) is 0 Å². The zero-order valence-corrected chi connectivity index (χ0v) is 10.3. The molecule has 5 heteroatoms. The van der Waals surface area contributed by atoms with Crippen molar-refractivity contribution in [1.29, 1.82) is 0 Å². The fraction of sp³-hybridized carbons (Fsp3) is 0.462. The Bertz CT molecular complexity index is 416. The van der Waals surface area contributed by atoms with Gasteiger partial charge in [0.2, 0.25) is 5.91 Å². The molecule has 1 amide bonds. The highest BCUT2D eigenvalue weighted by atomic mass is 19.1. The molecule has 4 nitrogen and oxygen atoms in total. The summed E-state index contributed by atoms with van der Waals surface area (Å²) >= 11 is 0. The first-order valence-electron chi connectivity index (χ1n) is 6.00. The Morgan fingerprint density at radius 2 is 2.11 bits per heavy atom. The second kappa shape index (κ2) is 5.46. The van der Waals surface area contributed by atoms with E-state index < -0.39 is 0 Å². The third-order valence-corrected chi connectivity index (χ3v) is 3.05. The second-order valence-electron chi connectivity index (χ2n) is 4.69. The minimum Gasteiger partial charge on any atom is -0.390 e. The summed E-state index contributed by atoms with van der Waals surface area (Å²) in [5, 5.41) is 12.0. The number of nitrogens with one attached hydrogen (secondary N) is 1. The summed E-state index contributed by atoms with van der Waals surface area (Å²) in [4.78, 5) is 13.6. The summed E-state index contributed by atoms with van der Waals surface area (Å²) in [6.07, 6.45) is -0.299. The molecule has 1 aliphatic rings. The van der Waals surface area contributed by atoms with Gasteiger partial charge in [-0.2, -0.15) is 0 Å². The van der Waals surface area contributed by atoms with Gasteiger partial charge in [-0.1, -0.05) is 12.1 Å². The number of β-amino-alcohol motifs (C(OH)–C–C–N with tert-alkyl or cyclic N) is 1. The quantitative estimate of drug-likeness (QED) is 0.828. The SMILES string of the molecule is CC(NC(=O)CN1CC(O)C1)c1ccc(F)cc1. The smallest absolute Gasteiger partial charge is 0.234 e. The number of aliphatic hydroxyl groups is 1. The lowest BCUT2D eigenvalue weighted by molar-refractivity contribution is -0.125. The van der Waals surface area contributed by atoms with E-state index in [9.17, 15) is 9.18 Å². The minimum atomic E-state index is -0.299. The molecule has 1 aromatic rings. The predicted molar refractivity (Wildman–Crippen MR) is 65.4 cm³/mol. The van der Waals surface area contributed by atoms with Crippen molar-refractivity contribution in [3.63, 3.8) is 0 Å². The Balaban J connectivity index is 1.81. The topological polar surface area (TPSA) is 52.6 Å². The molecule has 2 rings (SSSR count). The summed E-state index contributed by atoms with van der Waals surface area (Å²) in [7, 11) is 0. The van der Waals surface area contributed by atoms with Crippen molar-refractivity contribution in [2.24, 2.45) is 0 Å². The molecule has 0 spiro atoms. The first-order valence-corrected chi connectivity index (χ1v) is 6.00. The van der Waals surface area contributed by atoms with Crippen LogP contribution in [0.1, 0.15) is 18.5 Å². The highest BCUT2D eigenvalue weighted by Gasteiger charge is 2.26. The Kier molecular flexibility index (Phi) is 3.93. The summed E-state index contributed by atoms with van der Waals surface area (Å²) in [5.41, 5.74) is 0.869. The lowest BCUT2D eigenvalue weighted by atomic mass is 10.1. The fourth-order valence-corrected chi connectivity index (χ4v) is 2.00. The van der Waals surface area contributed by atoms with E-state index in [4.69, 9.17) is 5.11 Å². The number of rotatable bonds is 4. The van der Waals surface area contributed by atoms with Gasteiger partial charge in [0.05, 0.1) is 18.7 Å². The maximum absolute atomic E-state index is 12.8. The van der Waals surface area contributed by atoms with Crippen LogP contribution in [0.3, 0.4) is 0 Å². The van der Waals surface area contributed by atoms with Crippen molar-refractivity contribution in [2.45, 2.75) is 19.1 Å². The van der Waals surface area contributed by atoms with Gasteiger partial charge in [-0.3, -0.25) is 9.69 Å². The Morgan fingerprint density at radius 3 is 2.67 bits per heavy atom. The maximum atomic E-state index is 12.8. The lowest BCUT2D eigenvalue weighted by Crippen LogP contribution is -2.54. The van der Waals surface area contributed by atoms with E-state index in [2.05, 4.69) is 5.32 Å². The van der Waals surface area contributed by atoms with Crippen LogP contribution in [0.15, 0.2) is 24.3 Å². The largest absolute Gasteiger partial charge is 0.390 e. The van der Waals surface area contributed by atoms with Gasteiger partial charge < -0.3 is 10.4 Å². The molecule has 0 radical (unpaired) electrons. The first kappa shape index (κ1) is 13.0. The van der Waals surface area contributed by atoms with Crippen molar-refractivity contribution in [3.8, 4) is 0 Å². The number of carbonyl (C=O) groups is 1. The molecule has 1 atom stereocenters. The summed E-state index contributed by atoms with van der Waals surface area (Å²) in [5.74, 6) is -0.370. The molecular weight excluding hydrogens is 235 g/mol. The molecule has 0 aromatic heterocycles. The summed E-state index contributed by atoms with van der Waals surface area (Å²) in [6.45, 7) is 3.26. The van der Waals surface area contributed by atoms with Crippen LogP contribution < -0.4 is 5.32 Å². The maximum Gasteiger partial charge on any atom is 0.234 e. The summed E-state index contributed by atoms with van der Waals surface area (Å²) < 4.78 is 12.8. The number of hydrogen-bond acceptors (Lipinski definition) is 3. The number of amides is 1. The molecule has 1 aromatic carbocycles. The Morgan fingerprint density at radius 1 is 1.50 bits per heavy atom. The van der Waals surface area contributed by atoms with E-state index in [-0.39, 0.29) is 23.9 Å². The minimum absolute atomic E-state index is 0.0845. The van der Waals surface area contributed by atoms with E-state index in [1.165, 1.54) is 12.1 Å². The number of aliphatic hydroxyl groups excluding tert-OH is 1. The van der Waals surface area contributed by atoms with Crippen molar-refractivity contribution in [3.05, 3.63) is 35.6 Å². The van der Waals surface area contributed by atoms with Crippen molar-refractivity contribution >= 4 is 5.91 Å². The van der Waals surface area contributed by atoms with E-state index in [0.717, 1.165) is 5.56 Å². The van der Waals surface area contributed by atoms with Gasteiger partial charge in [-0.15, -0.1) is 0 Å². The van der Waals surface area contributed by atoms with Gasteiger partial charge in [0.1, 0.15) is 5.82 Å². The van der Waals surface area contributed by atoms with Crippen LogP contribution in [0, 0.1) is 5.82 Å². The van der Waals surface area contributed by atoms with E-state index >= 15 is 0 Å². The standard InChI is InChI=1S/C13H17FN2O2/c1-9(10-2-4-11(14)5-3-10)15-13(18)8-16-6-12(17)7-16/h2-5,9,12,17H,6-8H2,1H3,(H,15,18). The van der Waals surface area contributed by atoms with Gasteiger partial charge in [-0.05, 0) is 24.6 Å². The zero-order chi connectivity index (χ0) is 13.1. The summed E-state index contributed by atoms with van der Waals surface area (Å²) in [6, 6.07) is 5.93. The van der Waals surface area contributed by atoms with Crippen LogP contribution in [0.25, 0.3) is 0 Å². The molecule has 0 aliphatic carbocycles. The zero-order valence-electron chi connectivity index (χ0n) is 10.3. The van der Waals surface area contributed by atoms with Crippen LogP contribution in [-0.2, 0) is 4.79 Å². The lowest BCUT2D eigenvalue weighted by Gasteiger charge is -2.35. The van der Waals surface area contributed by atoms with Crippen LogP contribution >= 0.6 is 0 Å². The van der Waals surface area contributed by atoms with Crippen molar-refractivity contribution in [1.82, 2.24) is 10.2 Å². The number of nitrogens with zero attached hydrogens (tertiary/aromatic N) is 1. The first-order chi connectivity index (χ1) is 8.54. The molecule has 2 N–H and O–H groups in total. The third kappa shape index (κ3) is 3.27. The van der Waals surface area contributed by atoms with Gasteiger partial charge in [0.25, 0.3) is 0 Å². The molecule has 1 saturated heterocycles. The van der Waals surface area contributed by atoms with Crippen molar-refractivity contribution < 1.29 is 14.3 Å². The van der Waals surface area contributed by atoms with Crippen molar-refractivity contribution in [2.75, 3.05) is 19.6 Å². The van der Waals surface area contributed by atoms with Gasteiger partial charge in [0, 0.05) is 13.1 Å². The second-order valence-corrected chi connectivity index (χ2v) is 4.69. The van der Waals surface area contributed by atoms with E-state index in [1.54, 1.807) is 12.1 Å². The molecule has 18 heavy (non-hydrogen) atoms. The van der Waals surface area contributed by atoms with Gasteiger partial charge in [0.15, 0.2) is 0 Å². The average Bonchev–Trinajstić information content (AvgIpc) is 2.27. The predicted octanol–water partition coefficient (Wildman–Crippen LogP) is 0.679. The molecule has 98 valence electrons. The van der Waals surface area contributed by atoms with Crippen LogP contribution in [0.4, 0.5) is 4.39 Å². The molecule has 0 saturated carbocycles. The van der Waals surface area contributed by atoms with Gasteiger partial charge >= 0.3 is 0 Å². The van der Waals surface area contributed by atoms with Gasteiger partial charge in [-0.25, -0.2) is 4.39 Å².